The van der Waals surface area contributed by atoms with Gasteiger partial charge in [-0.15, -0.1) is 0 Å². The van der Waals surface area contributed by atoms with E-state index in [1.165, 1.54) is 31.8 Å². The lowest BCUT2D eigenvalue weighted by molar-refractivity contribution is -0.152. The maximum Gasteiger partial charge on any atom is 0.313 e. The number of epoxide rings is 1. The van der Waals surface area contributed by atoms with Gasteiger partial charge in [-0.1, -0.05) is 84.1 Å². The Bertz CT molecular complexity index is 1190. The number of hydrogen-bond donors (Lipinski definition) is 2. The van der Waals surface area contributed by atoms with E-state index in [0.29, 0.717) is 31.6 Å². The molecule has 2 saturated heterocycles. The van der Waals surface area contributed by atoms with E-state index in [0.717, 1.165) is 37.7 Å². The Hall–Kier alpha value is -1.96. The number of fused-ring (bicyclic) bond motifs is 1. The molecule has 2 saturated carbocycles. The zero-order valence-corrected chi connectivity index (χ0v) is 30.1. The predicted octanol–water partition coefficient (Wildman–Crippen LogP) is 7.93. The van der Waals surface area contributed by atoms with Crippen molar-refractivity contribution in [1.82, 2.24) is 0 Å². The van der Waals surface area contributed by atoms with Gasteiger partial charge in [-0.2, -0.15) is 0 Å². The Morgan fingerprint density at radius 1 is 1.02 bits per heavy atom. The molecule has 0 aromatic rings. The summed E-state index contributed by atoms with van der Waals surface area (Å²) in [6, 6.07) is 0. The average Bonchev–Trinajstić information content (AvgIpc) is 3.36. The molecule has 8 atom stereocenters. The molecular formula is C39H62O7. The smallest absolute Gasteiger partial charge is 0.313 e. The van der Waals surface area contributed by atoms with E-state index in [9.17, 15) is 19.8 Å². The van der Waals surface area contributed by atoms with Crippen molar-refractivity contribution in [3.63, 3.8) is 0 Å². The Morgan fingerprint density at radius 3 is 2.37 bits per heavy atom. The fourth-order valence-corrected chi connectivity index (χ4v) is 9.15. The lowest BCUT2D eigenvalue weighted by Gasteiger charge is -2.46. The van der Waals surface area contributed by atoms with E-state index in [-0.39, 0.29) is 52.6 Å². The third kappa shape index (κ3) is 8.36. The molecular weight excluding hydrogens is 580 g/mol. The van der Waals surface area contributed by atoms with E-state index in [4.69, 9.17) is 14.2 Å². The molecule has 46 heavy (non-hydrogen) atoms. The summed E-state index contributed by atoms with van der Waals surface area (Å²) < 4.78 is 17.4. The number of allylic oxidation sites excluding steroid dienone is 2. The number of aliphatic hydroxyl groups excluding tert-OH is 1. The number of hydrogen-bond acceptors (Lipinski definition) is 7. The first kappa shape index (κ1) is 36.9. The number of esters is 2. The Balaban J connectivity index is 1.15. The summed E-state index contributed by atoms with van der Waals surface area (Å²) in [4.78, 5) is 24.1. The molecule has 7 nitrogen and oxygen atoms in total. The first-order valence-corrected chi connectivity index (χ1v) is 17.9. The molecule has 0 aromatic carbocycles. The highest BCUT2D eigenvalue weighted by Gasteiger charge is 2.74. The van der Waals surface area contributed by atoms with Crippen LogP contribution in [0.25, 0.3) is 0 Å². The predicted molar refractivity (Wildman–Crippen MR) is 181 cm³/mol. The van der Waals surface area contributed by atoms with Crippen molar-refractivity contribution in [3.05, 3.63) is 35.5 Å². The van der Waals surface area contributed by atoms with Gasteiger partial charge in [-0.05, 0) is 75.9 Å². The molecule has 0 radical (unpaired) electrons. The maximum absolute atomic E-state index is 12.7. The molecule has 3 unspecified atom stereocenters. The molecule has 2 aliphatic heterocycles. The molecule has 7 heteroatoms. The zero-order valence-electron chi connectivity index (χ0n) is 30.1. The molecule has 4 aliphatic rings. The van der Waals surface area contributed by atoms with Gasteiger partial charge in [-0.3, -0.25) is 9.59 Å². The summed E-state index contributed by atoms with van der Waals surface area (Å²) >= 11 is 0. The second kappa shape index (κ2) is 13.9. The molecule has 0 amide bonds. The van der Waals surface area contributed by atoms with Gasteiger partial charge in [0.1, 0.15) is 23.4 Å². The molecule has 2 heterocycles. The van der Waals surface area contributed by atoms with Gasteiger partial charge in [0.15, 0.2) is 0 Å². The van der Waals surface area contributed by atoms with Gasteiger partial charge in [0.25, 0.3) is 0 Å². The van der Waals surface area contributed by atoms with Crippen molar-refractivity contribution in [2.24, 2.45) is 22.7 Å². The van der Waals surface area contributed by atoms with Gasteiger partial charge < -0.3 is 24.4 Å². The van der Waals surface area contributed by atoms with Crippen LogP contribution in [0.2, 0.25) is 0 Å². The van der Waals surface area contributed by atoms with Crippen molar-refractivity contribution in [2.75, 3.05) is 0 Å². The molecule has 2 N–H and O–H groups in total. The monoisotopic (exact) mass is 642 g/mol. The minimum atomic E-state index is -0.966. The van der Waals surface area contributed by atoms with Crippen molar-refractivity contribution in [3.8, 4) is 0 Å². The van der Waals surface area contributed by atoms with Gasteiger partial charge in [0, 0.05) is 31.6 Å². The van der Waals surface area contributed by atoms with E-state index >= 15 is 0 Å². The van der Waals surface area contributed by atoms with Crippen molar-refractivity contribution >= 4 is 11.9 Å². The highest BCUT2D eigenvalue weighted by atomic mass is 16.6. The number of aliphatic hydroxyl groups is 2. The number of ether oxygens (including phenoxy) is 3. The quantitative estimate of drug-likeness (QED) is 0.0910. The Morgan fingerprint density at radius 2 is 1.72 bits per heavy atom. The summed E-state index contributed by atoms with van der Waals surface area (Å²) in [5.74, 6) is -0.167. The Kier molecular flexibility index (Phi) is 11.1. The molecule has 2 aliphatic carbocycles. The van der Waals surface area contributed by atoms with Crippen LogP contribution in [0.3, 0.4) is 0 Å². The minimum Gasteiger partial charge on any atom is -0.462 e. The van der Waals surface area contributed by atoms with E-state index in [1.807, 2.05) is 13.0 Å². The van der Waals surface area contributed by atoms with Gasteiger partial charge in [-0.25, -0.2) is 0 Å². The van der Waals surface area contributed by atoms with Crippen molar-refractivity contribution in [1.29, 1.82) is 0 Å². The SMILES string of the molecule is CC(=O)O[C@H]1CC(C)(C)C(=CCC(C)CCCCCC/C(C)=C/C2CC(/C=C/[C@@]34O[C@]3(C)C[C@@H](O)CC4(C)C)C(=O)O2)[C@](C)(O)C1. The number of cyclic esters (lactones) is 1. The molecule has 4 fully saturated rings. The van der Waals surface area contributed by atoms with Gasteiger partial charge >= 0.3 is 11.9 Å². The largest absolute Gasteiger partial charge is 0.462 e. The second-order valence-corrected chi connectivity index (χ2v) is 16.9. The summed E-state index contributed by atoms with van der Waals surface area (Å²) in [7, 11) is 0. The van der Waals surface area contributed by atoms with Crippen LogP contribution in [-0.4, -0.2) is 57.3 Å². The highest BCUT2D eigenvalue weighted by Crippen LogP contribution is 2.66. The lowest BCUT2D eigenvalue weighted by Crippen LogP contribution is -2.46. The van der Waals surface area contributed by atoms with Crippen LogP contribution in [0.4, 0.5) is 0 Å². The summed E-state index contributed by atoms with van der Waals surface area (Å²) in [6.45, 7) is 18.3. The van der Waals surface area contributed by atoms with E-state index in [1.54, 1.807) is 0 Å². The van der Waals surface area contributed by atoms with Crippen LogP contribution in [0, 0.1) is 22.7 Å². The first-order chi connectivity index (χ1) is 21.3. The third-order valence-corrected chi connectivity index (χ3v) is 11.3. The van der Waals surface area contributed by atoms with Crippen LogP contribution in [-0.2, 0) is 23.8 Å². The number of carbonyl (C=O) groups is 2. The van der Waals surface area contributed by atoms with E-state index in [2.05, 4.69) is 66.7 Å². The molecule has 0 aromatic heterocycles. The summed E-state index contributed by atoms with van der Waals surface area (Å²) in [5, 5.41) is 21.5. The normalized spacial score (nSPS) is 38.5. The standard InChI is InChI=1S/C39H62O7/c1-26(16-17-33-35(4,5)24-32(44-28(3)40)25-37(33,8)43)14-12-10-11-13-15-27(2)20-31-21-29(34(42)45-31)18-19-39-36(6,7)22-30(41)23-38(39,9)46-39/h17-20,26,29-32,41,43H,10-16,21-25H2,1-9H3/b19-18+,27-20+,33-17?/t26?,29?,30-,31?,32-,37+,38+,39-/m0/s1. The van der Waals surface area contributed by atoms with E-state index < -0.39 is 11.2 Å². The van der Waals surface area contributed by atoms with Crippen LogP contribution < -0.4 is 0 Å². The summed E-state index contributed by atoms with van der Waals surface area (Å²) in [5.41, 5.74) is 0.172. The number of unbranched alkanes of at least 4 members (excludes halogenated alkanes) is 3. The van der Waals surface area contributed by atoms with Gasteiger partial charge in [0.2, 0.25) is 0 Å². The third-order valence-electron chi connectivity index (χ3n) is 11.3. The lowest BCUT2D eigenvalue weighted by atomic mass is 9.63. The first-order valence-electron chi connectivity index (χ1n) is 17.9. The average molecular weight is 643 g/mol. The van der Waals surface area contributed by atoms with Crippen LogP contribution >= 0.6 is 0 Å². The van der Waals surface area contributed by atoms with Crippen LogP contribution in [0.5, 0.6) is 0 Å². The molecule has 4 rings (SSSR count). The summed E-state index contributed by atoms with van der Waals surface area (Å²) in [6.07, 6.45) is 18.7. The molecule has 0 spiro atoms. The number of carbonyl (C=O) groups excluding carboxylic acids is 2. The number of rotatable bonds is 13. The van der Waals surface area contributed by atoms with Crippen molar-refractivity contribution < 1.29 is 34.0 Å². The molecule has 260 valence electrons. The fourth-order valence-electron chi connectivity index (χ4n) is 9.15. The van der Waals surface area contributed by atoms with Crippen LogP contribution in [0.15, 0.2) is 35.5 Å². The highest BCUT2D eigenvalue weighted by molar-refractivity contribution is 5.77. The van der Waals surface area contributed by atoms with Crippen molar-refractivity contribution in [2.45, 2.75) is 174 Å². The fraction of sp³-hybridized carbons (Fsp3) is 0.795. The minimum absolute atomic E-state index is 0.163. The topological polar surface area (TPSA) is 106 Å². The van der Waals surface area contributed by atoms with Crippen LogP contribution in [0.1, 0.15) is 139 Å². The van der Waals surface area contributed by atoms with Gasteiger partial charge in [0.05, 0.1) is 17.6 Å². The molecule has 0 bridgehead atoms. The Labute approximate surface area is 278 Å². The zero-order chi connectivity index (χ0) is 34.1. The maximum atomic E-state index is 12.7. The second-order valence-electron chi connectivity index (χ2n) is 16.9.